The van der Waals surface area contributed by atoms with E-state index in [1.807, 2.05) is 0 Å². The SMILES string of the molecule is Cc1ccc(S(=O)(=O)[N-]C(CO)C(=O)[O-])cc1.NCCCN.[Pt+2]. The fourth-order valence-corrected chi connectivity index (χ4v) is 2.30. The molecule has 0 aliphatic carbocycles. The molecule has 1 aromatic rings. The van der Waals surface area contributed by atoms with E-state index >= 15 is 0 Å². The van der Waals surface area contributed by atoms with Gasteiger partial charge in [0.1, 0.15) is 10.0 Å². The first-order chi connectivity index (χ1) is 10.3. The van der Waals surface area contributed by atoms with Gasteiger partial charge in [0.05, 0.1) is 0 Å². The van der Waals surface area contributed by atoms with E-state index in [4.69, 9.17) is 16.6 Å². The van der Waals surface area contributed by atoms with Crippen LogP contribution in [0.5, 0.6) is 0 Å². The number of aryl methyl sites for hydroxylation is 1. The van der Waals surface area contributed by atoms with Gasteiger partial charge < -0.3 is 31.2 Å². The van der Waals surface area contributed by atoms with Gasteiger partial charge in [-0.2, -0.15) is 0 Å². The van der Waals surface area contributed by atoms with E-state index in [9.17, 15) is 18.3 Å². The van der Waals surface area contributed by atoms with E-state index in [-0.39, 0.29) is 26.0 Å². The Hall–Kier alpha value is -0.832. The smallest absolute Gasteiger partial charge is 0.552 e. The molecule has 0 saturated carbocycles. The van der Waals surface area contributed by atoms with E-state index in [0.717, 1.165) is 25.1 Å². The number of carboxylic acid groups (broad SMARTS) is 1. The van der Waals surface area contributed by atoms with Crippen LogP contribution < -0.4 is 16.6 Å². The van der Waals surface area contributed by atoms with Gasteiger partial charge in [-0.1, -0.05) is 23.7 Å². The van der Waals surface area contributed by atoms with Crippen LogP contribution in [0.15, 0.2) is 29.2 Å². The molecule has 0 radical (unpaired) electrons. The van der Waals surface area contributed by atoms with Gasteiger partial charge in [0.2, 0.25) is 0 Å². The van der Waals surface area contributed by atoms with Gasteiger partial charge in [0.15, 0.2) is 0 Å². The van der Waals surface area contributed by atoms with Gasteiger partial charge >= 0.3 is 21.1 Å². The Labute approximate surface area is 150 Å². The molecule has 1 aromatic carbocycles. The summed E-state index contributed by atoms with van der Waals surface area (Å²) in [5.41, 5.74) is 11.0. The van der Waals surface area contributed by atoms with Gasteiger partial charge in [0.25, 0.3) is 0 Å². The Kier molecular flexibility index (Phi) is 13.4. The van der Waals surface area contributed by atoms with Crippen molar-refractivity contribution in [3.05, 3.63) is 34.6 Å². The van der Waals surface area contributed by atoms with Crippen LogP contribution in [-0.2, 0) is 35.9 Å². The number of carbonyl (C=O) groups is 1. The van der Waals surface area contributed by atoms with Crippen molar-refractivity contribution < 1.29 is 44.5 Å². The van der Waals surface area contributed by atoms with E-state index in [1.54, 1.807) is 19.1 Å². The molecule has 0 aromatic heterocycles. The minimum absolute atomic E-state index is 0. The quantitative estimate of drug-likeness (QED) is 0.388. The van der Waals surface area contributed by atoms with Crippen molar-refractivity contribution >= 4 is 16.0 Å². The molecule has 0 amide bonds. The molecule has 0 saturated heterocycles. The summed E-state index contributed by atoms with van der Waals surface area (Å²) in [5.74, 6) is -1.73. The van der Waals surface area contributed by atoms with Crippen molar-refractivity contribution in [3.8, 4) is 0 Å². The number of aliphatic hydroxyl groups excluding tert-OH is 1. The zero-order valence-electron chi connectivity index (χ0n) is 12.6. The molecule has 1 unspecified atom stereocenters. The molecule has 134 valence electrons. The number of hydrogen-bond acceptors (Lipinski definition) is 7. The summed E-state index contributed by atoms with van der Waals surface area (Å²) in [6.45, 7) is 2.30. The zero-order valence-corrected chi connectivity index (χ0v) is 15.7. The first kappa shape index (κ1) is 24.4. The van der Waals surface area contributed by atoms with E-state index in [1.165, 1.54) is 12.1 Å². The Morgan fingerprint density at radius 2 is 1.74 bits per heavy atom. The number of nitrogens with zero attached hydrogens (tertiary/aromatic N) is 1. The topological polar surface area (TPSA) is 161 Å². The van der Waals surface area contributed by atoms with Crippen LogP contribution in [-0.4, -0.2) is 45.2 Å². The standard InChI is InChI=1S/C10H12NO5S.C3H10N2.Pt/c1-7-2-4-8(5-3-7)17(15,16)11-9(6-12)10(13)14;4-2-1-3-5;/h2-5,9,12H,6H2,1H3,(H,13,14);1-5H2;/q-1;;+2/p-1. The molecule has 0 fully saturated rings. The van der Waals surface area contributed by atoms with E-state index < -0.39 is 28.6 Å². The fourth-order valence-electron chi connectivity index (χ4n) is 1.21. The summed E-state index contributed by atoms with van der Waals surface area (Å²) >= 11 is 0. The molecular weight excluding hydrogens is 505 g/mol. The molecule has 8 nitrogen and oxygen atoms in total. The minimum Gasteiger partial charge on any atom is -0.552 e. The number of carbonyl (C=O) groups excluding carboxylic acids is 1. The molecule has 1 rings (SSSR count). The number of carboxylic acids is 1. The Morgan fingerprint density at radius 3 is 2.04 bits per heavy atom. The van der Waals surface area contributed by atoms with Crippen LogP contribution in [0, 0.1) is 6.92 Å². The first-order valence-corrected chi connectivity index (χ1v) is 7.98. The molecular formula is C13H21N3O5PtS. The summed E-state index contributed by atoms with van der Waals surface area (Å²) in [7, 11) is -4.09. The average Bonchev–Trinajstić information content (AvgIpc) is 2.46. The van der Waals surface area contributed by atoms with Crippen molar-refractivity contribution in [3.63, 3.8) is 0 Å². The van der Waals surface area contributed by atoms with E-state index in [2.05, 4.69) is 4.72 Å². The second-order valence-electron chi connectivity index (χ2n) is 4.34. The monoisotopic (exact) mass is 526 g/mol. The summed E-state index contributed by atoms with van der Waals surface area (Å²) in [6.07, 6.45) is 0.944. The fraction of sp³-hybridized carbons (Fsp3) is 0.462. The van der Waals surface area contributed by atoms with Crippen LogP contribution in [0.25, 0.3) is 4.72 Å². The molecule has 5 N–H and O–H groups in total. The second kappa shape index (κ2) is 12.6. The molecule has 23 heavy (non-hydrogen) atoms. The number of rotatable bonds is 7. The van der Waals surface area contributed by atoms with Crippen LogP contribution in [0.1, 0.15) is 12.0 Å². The van der Waals surface area contributed by atoms with Gasteiger partial charge in [-0.25, -0.2) is 8.42 Å². The summed E-state index contributed by atoms with van der Waals surface area (Å²) in [6, 6.07) is 3.99. The van der Waals surface area contributed by atoms with Crippen LogP contribution >= 0.6 is 0 Å². The zero-order chi connectivity index (χ0) is 17.2. The van der Waals surface area contributed by atoms with Gasteiger partial charge in [-0.3, -0.25) is 0 Å². The number of nitrogens with two attached hydrogens (primary N) is 2. The maximum absolute atomic E-state index is 11.6. The van der Waals surface area contributed by atoms with Crippen LogP contribution in [0.4, 0.5) is 0 Å². The number of hydrogen-bond donors (Lipinski definition) is 3. The number of aliphatic hydroxyl groups is 1. The van der Waals surface area contributed by atoms with E-state index in [0.29, 0.717) is 0 Å². The molecule has 1 atom stereocenters. The van der Waals surface area contributed by atoms with Crippen molar-refractivity contribution in [1.82, 2.24) is 0 Å². The molecule has 0 bridgehead atoms. The molecule has 0 heterocycles. The van der Waals surface area contributed by atoms with Crippen molar-refractivity contribution in [2.45, 2.75) is 24.3 Å². The second-order valence-corrected chi connectivity index (χ2v) is 5.97. The van der Waals surface area contributed by atoms with Crippen molar-refractivity contribution in [1.29, 1.82) is 0 Å². The number of sulfonamides is 1. The third kappa shape index (κ3) is 9.80. The number of aliphatic carboxylic acids is 1. The maximum Gasteiger partial charge on any atom is 2.00 e. The average molecular weight is 526 g/mol. The summed E-state index contributed by atoms with van der Waals surface area (Å²) < 4.78 is 26.4. The molecule has 0 spiro atoms. The Bertz CT molecular complexity index is 549. The van der Waals surface area contributed by atoms with Crippen molar-refractivity contribution in [2.75, 3.05) is 19.7 Å². The minimum atomic E-state index is -4.09. The molecule has 10 heteroatoms. The Morgan fingerprint density at radius 1 is 1.26 bits per heavy atom. The van der Waals surface area contributed by atoms with Crippen LogP contribution in [0.2, 0.25) is 0 Å². The van der Waals surface area contributed by atoms with Gasteiger partial charge in [0, 0.05) is 17.5 Å². The predicted octanol–water partition coefficient (Wildman–Crippen LogP) is -1.54. The number of benzene rings is 1. The largest absolute Gasteiger partial charge is 2.00 e. The van der Waals surface area contributed by atoms with Crippen LogP contribution in [0.3, 0.4) is 0 Å². The summed E-state index contributed by atoms with van der Waals surface area (Å²) in [5, 5.41) is 19.1. The van der Waals surface area contributed by atoms with Gasteiger partial charge in [-0.05, 0) is 38.6 Å². The Balaban J connectivity index is 0. The van der Waals surface area contributed by atoms with Gasteiger partial charge in [-0.15, -0.1) is 0 Å². The summed E-state index contributed by atoms with van der Waals surface area (Å²) in [4.78, 5) is 10.3. The van der Waals surface area contributed by atoms with Crippen molar-refractivity contribution in [2.24, 2.45) is 11.5 Å². The molecule has 0 aliphatic rings. The maximum atomic E-state index is 11.6. The normalized spacial score (nSPS) is 11.7. The third-order valence-electron chi connectivity index (χ3n) is 2.44. The first-order valence-electron chi connectivity index (χ1n) is 6.54. The molecule has 0 aliphatic heterocycles. The predicted molar refractivity (Wildman–Crippen MR) is 80.3 cm³/mol. The third-order valence-corrected chi connectivity index (χ3v) is 3.84.